The first kappa shape index (κ1) is 50.7. The Morgan fingerprint density at radius 1 is 0.426 bits per heavy atom. The van der Waals surface area contributed by atoms with E-state index in [2.05, 4.69) is 43.2 Å². The second kappa shape index (κ2) is 37.2. The van der Waals surface area contributed by atoms with Crippen LogP contribution in [0.25, 0.3) is 0 Å². The molecule has 0 aliphatic rings. The van der Waals surface area contributed by atoms with Crippen molar-refractivity contribution in [1.82, 2.24) is 4.90 Å². The molecule has 0 aromatic heterocycles. The van der Waals surface area contributed by atoms with Gasteiger partial charge in [-0.25, -0.2) is 0 Å². The summed E-state index contributed by atoms with van der Waals surface area (Å²) in [5.74, 6) is 1.86. The Morgan fingerprint density at radius 2 is 0.759 bits per heavy atom. The zero-order valence-electron chi connectivity index (χ0n) is 37.3. The van der Waals surface area contributed by atoms with Crippen LogP contribution in [0.3, 0.4) is 0 Å². The molecule has 2 N–H and O–H groups in total. The van der Waals surface area contributed by atoms with Gasteiger partial charge in [0.25, 0.3) is 10.9 Å². The molecule has 0 aliphatic heterocycles. The Hall–Kier alpha value is -1.36. The van der Waals surface area contributed by atoms with Gasteiger partial charge >= 0.3 is 0 Å². The fourth-order valence-electron chi connectivity index (χ4n) is 8.58. The predicted octanol–water partition coefficient (Wildman–Crippen LogP) is 14.6. The van der Waals surface area contributed by atoms with Gasteiger partial charge in [0.1, 0.15) is 11.4 Å². The number of anilines is 2. The van der Waals surface area contributed by atoms with Crippen LogP contribution in [0.2, 0.25) is 0 Å². The van der Waals surface area contributed by atoms with E-state index >= 15 is 0 Å². The third-order valence-corrected chi connectivity index (χ3v) is 12.4. The molecule has 0 spiro atoms. The number of unbranched alkanes of at least 4 members (excludes halogenated alkanes) is 23. The van der Waals surface area contributed by atoms with Gasteiger partial charge in [-0.2, -0.15) is 0 Å². The Kier molecular flexibility index (Phi) is 34.9. The highest BCUT2D eigenvalue weighted by Gasteiger charge is 2.19. The van der Waals surface area contributed by atoms with Crippen molar-refractivity contribution in [2.45, 2.75) is 246 Å². The van der Waals surface area contributed by atoms with Crippen molar-refractivity contribution in [3.63, 3.8) is 0 Å². The fraction of sp³-hybridized carbons (Fsp3) is 0.918. The van der Waals surface area contributed by atoms with Gasteiger partial charge in [0.15, 0.2) is 0 Å². The second-order valence-corrected chi connectivity index (χ2v) is 17.5. The summed E-state index contributed by atoms with van der Waals surface area (Å²) < 4.78 is 0. The van der Waals surface area contributed by atoms with E-state index in [9.17, 15) is 9.59 Å². The smallest absolute Gasteiger partial charge is 0.253 e. The summed E-state index contributed by atoms with van der Waals surface area (Å²) >= 11 is 0. The summed E-state index contributed by atoms with van der Waals surface area (Å²) in [5, 5.41) is 6.13. The number of hydrogen-bond acceptors (Lipinski definition) is 5. The van der Waals surface area contributed by atoms with E-state index in [0.717, 1.165) is 31.3 Å². The average molecular weight is 758 g/mol. The Morgan fingerprint density at radius 3 is 1.17 bits per heavy atom. The van der Waals surface area contributed by atoms with Gasteiger partial charge in [0.2, 0.25) is 0 Å². The number of nitrogens with zero attached hydrogens (tertiary/aromatic N) is 1. The molecule has 0 radical (unpaired) electrons. The normalized spacial score (nSPS) is 12.4. The summed E-state index contributed by atoms with van der Waals surface area (Å²) in [7, 11) is 1.71. The number of rotatable bonds is 43. The maximum absolute atomic E-state index is 12.0. The number of hydrogen-bond donors (Lipinski definition) is 2. The van der Waals surface area contributed by atoms with E-state index in [-0.39, 0.29) is 10.9 Å². The van der Waals surface area contributed by atoms with Gasteiger partial charge in [0, 0.05) is 13.6 Å². The van der Waals surface area contributed by atoms with Crippen LogP contribution in [-0.4, -0.2) is 38.1 Å². The molecule has 0 bridgehead atoms. The molecular weight excluding hydrogens is 663 g/mol. The minimum absolute atomic E-state index is 0.371. The Labute approximate surface area is 337 Å². The van der Waals surface area contributed by atoms with E-state index in [1.54, 1.807) is 7.05 Å². The summed E-state index contributed by atoms with van der Waals surface area (Å²) in [6, 6.07) is 0. The lowest BCUT2D eigenvalue weighted by molar-refractivity contribution is 0.259. The first-order valence-electron chi connectivity index (χ1n) is 24.5. The van der Waals surface area contributed by atoms with E-state index in [4.69, 9.17) is 0 Å². The molecule has 1 atom stereocenters. The van der Waals surface area contributed by atoms with Gasteiger partial charge in [0.05, 0.1) is 0 Å². The summed E-state index contributed by atoms with van der Waals surface area (Å²) in [6.45, 7) is 13.6. The van der Waals surface area contributed by atoms with Gasteiger partial charge in [-0.3, -0.25) is 9.59 Å². The first-order chi connectivity index (χ1) is 26.5. The van der Waals surface area contributed by atoms with E-state index in [0.29, 0.717) is 11.4 Å². The van der Waals surface area contributed by atoms with Crippen molar-refractivity contribution in [1.29, 1.82) is 0 Å². The summed E-state index contributed by atoms with van der Waals surface area (Å²) in [6.07, 6.45) is 47.4. The molecule has 5 heteroatoms. The number of nitrogens with one attached hydrogen (secondary N) is 2. The highest BCUT2D eigenvalue weighted by Crippen LogP contribution is 2.25. The molecule has 0 amide bonds. The highest BCUT2D eigenvalue weighted by molar-refractivity contribution is 5.73. The van der Waals surface area contributed by atoms with Crippen LogP contribution >= 0.6 is 0 Å². The zero-order chi connectivity index (χ0) is 39.3. The molecule has 0 aliphatic carbocycles. The van der Waals surface area contributed by atoms with Crippen LogP contribution in [0.5, 0.6) is 0 Å². The predicted molar refractivity (Wildman–Crippen MR) is 242 cm³/mol. The van der Waals surface area contributed by atoms with Crippen LogP contribution < -0.4 is 21.5 Å². The fourth-order valence-corrected chi connectivity index (χ4v) is 8.58. The molecule has 54 heavy (non-hydrogen) atoms. The maximum atomic E-state index is 12.0. The molecule has 5 nitrogen and oxygen atoms in total. The van der Waals surface area contributed by atoms with Crippen molar-refractivity contribution in [3.05, 3.63) is 20.4 Å². The van der Waals surface area contributed by atoms with Crippen LogP contribution in [0.4, 0.5) is 11.4 Å². The molecule has 1 unspecified atom stereocenters. The van der Waals surface area contributed by atoms with Crippen molar-refractivity contribution in [3.8, 4) is 0 Å². The molecule has 0 saturated carbocycles. The van der Waals surface area contributed by atoms with Crippen LogP contribution in [0.1, 0.15) is 246 Å². The topological polar surface area (TPSA) is 61.4 Å². The molecule has 1 rings (SSSR count). The van der Waals surface area contributed by atoms with E-state index in [1.807, 2.05) is 0 Å². The summed E-state index contributed by atoms with van der Waals surface area (Å²) in [4.78, 5) is 26.4. The molecule has 1 aromatic carbocycles. The van der Waals surface area contributed by atoms with Crippen LogP contribution in [0, 0.1) is 11.8 Å². The molecule has 0 fully saturated rings. The highest BCUT2D eigenvalue weighted by atomic mass is 16.2. The van der Waals surface area contributed by atoms with Crippen LogP contribution in [0.15, 0.2) is 9.59 Å². The summed E-state index contributed by atoms with van der Waals surface area (Å²) in [5.41, 5.74) is 0.172. The Balaban J connectivity index is 2.37. The minimum Gasteiger partial charge on any atom is -0.383 e. The zero-order valence-corrected chi connectivity index (χ0v) is 37.3. The largest absolute Gasteiger partial charge is 0.383 e. The molecule has 0 saturated heterocycles. The molecular formula is C49H95N3O2. The van der Waals surface area contributed by atoms with Gasteiger partial charge in [-0.1, -0.05) is 227 Å². The molecule has 1 aromatic rings. The first-order valence-corrected chi connectivity index (χ1v) is 24.5. The van der Waals surface area contributed by atoms with Gasteiger partial charge < -0.3 is 15.5 Å². The lowest BCUT2D eigenvalue weighted by atomic mass is 9.89. The lowest BCUT2D eigenvalue weighted by Crippen LogP contribution is -2.37. The lowest BCUT2D eigenvalue weighted by Gasteiger charge is -2.23. The quantitative estimate of drug-likeness (QED) is 0.0513. The van der Waals surface area contributed by atoms with Gasteiger partial charge in [-0.05, 0) is 50.7 Å². The third-order valence-electron chi connectivity index (χ3n) is 12.4. The third kappa shape index (κ3) is 27.3. The molecule has 0 heterocycles. The van der Waals surface area contributed by atoms with Gasteiger partial charge in [-0.15, -0.1) is 0 Å². The Bertz CT molecular complexity index is 986. The van der Waals surface area contributed by atoms with Crippen molar-refractivity contribution in [2.75, 3.05) is 43.9 Å². The SMILES string of the molecule is CCCCCCCCC(C)CCCCCCCN(CCCCCCCC(CCCCCCCC)CCCCCCCC)CCCNc1c(NC)c(=O)c1=O. The van der Waals surface area contributed by atoms with Crippen LogP contribution in [-0.2, 0) is 0 Å². The van der Waals surface area contributed by atoms with E-state index < -0.39 is 0 Å². The van der Waals surface area contributed by atoms with E-state index in [1.165, 1.54) is 225 Å². The minimum atomic E-state index is -0.389. The van der Waals surface area contributed by atoms with Crippen molar-refractivity contribution in [2.24, 2.45) is 11.8 Å². The van der Waals surface area contributed by atoms with Crippen molar-refractivity contribution >= 4 is 11.4 Å². The maximum Gasteiger partial charge on any atom is 0.253 e. The monoisotopic (exact) mass is 758 g/mol. The molecule has 318 valence electrons. The second-order valence-electron chi connectivity index (χ2n) is 17.5. The standard InChI is InChI=1S/C49H95N3O2/c1-6-9-12-15-20-27-35-44(4)36-28-21-18-25-32-41-52(43-34-40-51-47-46(50-5)48(53)49(47)54)42-33-26-19-24-31-39-45(37-29-22-16-13-10-7-2)38-30-23-17-14-11-8-3/h44-45,50-51H,6-43H2,1-5H3. The van der Waals surface area contributed by atoms with Crippen molar-refractivity contribution < 1.29 is 0 Å². The average Bonchev–Trinajstić information content (AvgIpc) is 3.18.